The monoisotopic (exact) mass is 293 g/mol. The summed E-state index contributed by atoms with van der Waals surface area (Å²) < 4.78 is 2.09. The topological polar surface area (TPSA) is 60.4 Å². The summed E-state index contributed by atoms with van der Waals surface area (Å²) in [6, 6.07) is 18.4. The number of pyridine rings is 1. The summed E-state index contributed by atoms with van der Waals surface area (Å²) in [5.74, 6) is 0. The summed E-state index contributed by atoms with van der Waals surface area (Å²) in [4.78, 5) is 15.0. The first-order valence-corrected chi connectivity index (χ1v) is 7.07. The van der Waals surface area contributed by atoms with Crippen molar-refractivity contribution in [2.75, 3.05) is 0 Å². The first kappa shape index (κ1) is 14.0. The maximum absolute atomic E-state index is 10.9. The molecule has 0 N–H and O–H groups in total. The summed E-state index contributed by atoms with van der Waals surface area (Å²) in [6.07, 6.45) is 0. The summed E-state index contributed by atoms with van der Waals surface area (Å²) in [5, 5.41) is 12.0. The van der Waals surface area contributed by atoms with Crippen molar-refractivity contribution in [1.82, 2.24) is 4.57 Å². The highest BCUT2D eigenvalue weighted by atomic mass is 16.6. The van der Waals surface area contributed by atoms with Crippen LogP contribution in [0.4, 0.5) is 11.4 Å². The Bertz CT molecular complexity index is 913. The molecule has 5 heteroatoms. The number of hydrogen-bond acceptors (Lipinski definition) is 3. The third-order valence-electron chi connectivity index (χ3n) is 3.52. The number of aromatic nitrogens is 1. The van der Waals surface area contributed by atoms with Gasteiger partial charge in [0, 0.05) is 24.2 Å². The van der Waals surface area contributed by atoms with E-state index in [0.717, 1.165) is 22.9 Å². The molecular weight excluding hydrogens is 278 g/mol. The molecule has 0 atom stereocenters. The smallest absolute Gasteiger partial charge is 0.271 e. The van der Waals surface area contributed by atoms with E-state index < -0.39 is 4.92 Å². The molecule has 1 aromatic heterocycles. The Morgan fingerprint density at radius 1 is 1.09 bits per heavy atom. The van der Waals surface area contributed by atoms with E-state index in [1.807, 2.05) is 30.3 Å². The van der Waals surface area contributed by atoms with E-state index in [-0.39, 0.29) is 5.69 Å². The third kappa shape index (κ3) is 2.61. The van der Waals surface area contributed by atoms with E-state index in [1.54, 1.807) is 12.1 Å². The van der Waals surface area contributed by atoms with Crippen molar-refractivity contribution in [3.63, 3.8) is 0 Å². The van der Waals surface area contributed by atoms with Crippen molar-refractivity contribution in [2.45, 2.75) is 13.5 Å². The number of hydrogen-bond donors (Lipinski definition) is 0. The molecular formula is C17H15N3O2. The number of rotatable bonds is 3. The number of para-hydroxylation sites is 1. The molecule has 5 nitrogen and oxygen atoms in total. The number of nitrogens with zero attached hydrogens (tertiary/aromatic N) is 3. The molecule has 0 saturated carbocycles. The lowest BCUT2D eigenvalue weighted by atomic mass is 10.2. The molecule has 1 heterocycles. The fourth-order valence-electron chi connectivity index (χ4n) is 2.49. The van der Waals surface area contributed by atoms with Crippen LogP contribution in [-0.4, -0.2) is 9.49 Å². The number of benzene rings is 2. The van der Waals surface area contributed by atoms with Gasteiger partial charge in [-0.05, 0) is 36.6 Å². The van der Waals surface area contributed by atoms with Crippen LogP contribution in [-0.2, 0) is 6.54 Å². The number of nitro benzene ring substituents is 1. The van der Waals surface area contributed by atoms with Crippen molar-refractivity contribution in [2.24, 2.45) is 4.99 Å². The highest BCUT2D eigenvalue weighted by Crippen LogP contribution is 2.19. The van der Waals surface area contributed by atoms with Crippen LogP contribution in [0.15, 0.2) is 65.7 Å². The predicted octanol–water partition coefficient (Wildman–Crippen LogP) is 3.80. The van der Waals surface area contributed by atoms with Gasteiger partial charge in [0.2, 0.25) is 0 Å². The number of non-ortho nitro benzene ring substituents is 1. The molecule has 0 unspecified atom stereocenters. The van der Waals surface area contributed by atoms with Crippen LogP contribution < -0.4 is 5.49 Å². The molecule has 0 aliphatic heterocycles. The SMILES string of the molecule is CCn1c(=Nc2cccc([N+](=O)[O-])c2)ccc2ccccc21. The van der Waals surface area contributed by atoms with E-state index in [9.17, 15) is 10.1 Å². The first-order chi connectivity index (χ1) is 10.7. The standard InChI is InChI=1S/C17H15N3O2/c1-2-19-16-9-4-3-6-13(16)10-11-17(19)18-14-7-5-8-15(12-14)20(21)22/h3-12H,2H2,1H3. The van der Waals surface area contributed by atoms with Crippen LogP contribution in [0.3, 0.4) is 0 Å². The molecule has 0 amide bonds. The second kappa shape index (κ2) is 5.81. The molecule has 0 aliphatic rings. The second-order valence-electron chi connectivity index (χ2n) is 4.88. The summed E-state index contributed by atoms with van der Waals surface area (Å²) in [7, 11) is 0. The Morgan fingerprint density at radius 2 is 1.91 bits per heavy atom. The van der Waals surface area contributed by atoms with E-state index in [4.69, 9.17) is 0 Å². The van der Waals surface area contributed by atoms with Crippen molar-refractivity contribution in [1.29, 1.82) is 0 Å². The highest BCUT2D eigenvalue weighted by molar-refractivity contribution is 5.78. The van der Waals surface area contributed by atoms with Gasteiger partial charge in [-0.2, -0.15) is 0 Å². The van der Waals surface area contributed by atoms with Gasteiger partial charge in [0.15, 0.2) is 0 Å². The van der Waals surface area contributed by atoms with Crippen LogP contribution in [0, 0.1) is 10.1 Å². The molecule has 22 heavy (non-hydrogen) atoms. The quantitative estimate of drug-likeness (QED) is 0.544. The summed E-state index contributed by atoms with van der Waals surface area (Å²) in [6.45, 7) is 2.83. The third-order valence-corrected chi connectivity index (χ3v) is 3.52. The largest absolute Gasteiger partial charge is 0.326 e. The van der Waals surface area contributed by atoms with Gasteiger partial charge in [-0.1, -0.05) is 24.3 Å². The average molecular weight is 293 g/mol. The Morgan fingerprint density at radius 3 is 2.68 bits per heavy atom. The fourth-order valence-corrected chi connectivity index (χ4v) is 2.49. The van der Waals surface area contributed by atoms with Gasteiger partial charge in [0.1, 0.15) is 5.49 Å². The van der Waals surface area contributed by atoms with E-state index >= 15 is 0 Å². The molecule has 3 aromatic rings. The number of fused-ring (bicyclic) bond motifs is 1. The minimum absolute atomic E-state index is 0.0464. The van der Waals surface area contributed by atoms with Crippen molar-refractivity contribution in [3.8, 4) is 0 Å². The molecule has 110 valence electrons. The lowest BCUT2D eigenvalue weighted by Gasteiger charge is -2.09. The summed E-state index contributed by atoms with van der Waals surface area (Å²) >= 11 is 0. The Balaban J connectivity index is 2.21. The Kier molecular flexibility index (Phi) is 3.70. The molecule has 0 spiro atoms. The van der Waals surface area contributed by atoms with Crippen molar-refractivity contribution in [3.05, 3.63) is 76.3 Å². The lowest BCUT2D eigenvalue weighted by molar-refractivity contribution is -0.384. The van der Waals surface area contributed by atoms with Crippen LogP contribution in [0.1, 0.15) is 6.92 Å². The van der Waals surface area contributed by atoms with Gasteiger partial charge >= 0.3 is 0 Å². The number of nitro groups is 1. The molecule has 0 aliphatic carbocycles. The Hall–Kier alpha value is -2.95. The maximum atomic E-state index is 10.9. The lowest BCUT2D eigenvalue weighted by Crippen LogP contribution is -2.19. The van der Waals surface area contributed by atoms with E-state index in [1.165, 1.54) is 12.1 Å². The van der Waals surface area contributed by atoms with Crippen molar-refractivity contribution >= 4 is 22.3 Å². The van der Waals surface area contributed by atoms with Crippen LogP contribution >= 0.6 is 0 Å². The van der Waals surface area contributed by atoms with Gasteiger partial charge in [-0.25, -0.2) is 4.99 Å². The highest BCUT2D eigenvalue weighted by Gasteiger charge is 2.05. The summed E-state index contributed by atoms with van der Waals surface area (Å²) in [5.41, 5.74) is 2.50. The molecule has 2 aromatic carbocycles. The molecule has 0 radical (unpaired) electrons. The molecule has 3 rings (SSSR count). The second-order valence-corrected chi connectivity index (χ2v) is 4.88. The normalized spacial score (nSPS) is 11.8. The minimum atomic E-state index is -0.409. The maximum Gasteiger partial charge on any atom is 0.271 e. The van der Waals surface area contributed by atoms with Crippen molar-refractivity contribution < 1.29 is 4.92 Å². The zero-order chi connectivity index (χ0) is 15.5. The van der Waals surface area contributed by atoms with Crippen LogP contribution in [0.2, 0.25) is 0 Å². The average Bonchev–Trinajstić information content (AvgIpc) is 2.55. The number of aryl methyl sites for hydroxylation is 1. The van der Waals surface area contributed by atoms with Gasteiger partial charge in [0.05, 0.1) is 10.6 Å². The van der Waals surface area contributed by atoms with Crippen LogP contribution in [0.5, 0.6) is 0 Å². The fraction of sp³-hybridized carbons (Fsp3) is 0.118. The van der Waals surface area contributed by atoms with Gasteiger partial charge < -0.3 is 4.57 Å². The zero-order valence-electron chi connectivity index (χ0n) is 12.1. The predicted molar refractivity (Wildman–Crippen MR) is 85.9 cm³/mol. The Labute approximate surface area is 127 Å². The molecule has 0 bridgehead atoms. The van der Waals surface area contributed by atoms with E-state index in [2.05, 4.69) is 22.5 Å². The zero-order valence-corrected chi connectivity index (χ0v) is 12.1. The van der Waals surface area contributed by atoms with Crippen LogP contribution in [0.25, 0.3) is 10.9 Å². The first-order valence-electron chi connectivity index (χ1n) is 7.07. The molecule has 0 fully saturated rings. The molecule has 0 saturated heterocycles. The van der Waals surface area contributed by atoms with Gasteiger partial charge in [0.25, 0.3) is 5.69 Å². The van der Waals surface area contributed by atoms with E-state index in [0.29, 0.717) is 5.69 Å². The van der Waals surface area contributed by atoms with Gasteiger partial charge in [-0.3, -0.25) is 10.1 Å². The van der Waals surface area contributed by atoms with Gasteiger partial charge in [-0.15, -0.1) is 0 Å². The minimum Gasteiger partial charge on any atom is -0.326 e.